The molecule has 0 saturated heterocycles. The van der Waals surface area contributed by atoms with Crippen LogP contribution >= 0.6 is 0 Å². The SMILES string of the molecule is NC(=O)C(N)CS(=O)(=O)c1ccccc1. The second-order valence-corrected chi connectivity index (χ2v) is 5.14. The number of primary amides is 1. The van der Waals surface area contributed by atoms with Gasteiger partial charge in [0.05, 0.1) is 16.7 Å². The molecule has 0 aliphatic carbocycles. The summed E-state index contributed by atoms with van der Waals surface area (Å²) in [4.78, 5) is 10.8. The Morgan fingerprint density at radius 2 is 1.80 bits per heavy atom. The lowest BCUT2D eigenvalue weighted by atomic mass is 10.3. The van der Waals surface area contributed by atoms with Gasteiger partial charge in [0.25, 0.3) is 0 Å². The maximum absolute atomic E-state index is 11.7. The number of amides is 1. The third-order valence-electron chi connectivity index (χ3n) is 1.87. The molecule has 82 valence electrons. The summed E-state index contributed by atoms with van der Waals surface area (Å²) in [7, 11) is -3.53. The van der Waals surface area contributed by atoms with E-state index in [9.17, 15) is 13.2 Å². The van der Waals surface area contributed by atoms with Crippen molar-refractivity contribution in [2.75, 3.05) is 5.75 Å². The number of carbonyl (C=O) groups excluding carboxylic acids is 1. The Morgan fingerprint density at radius 1 is 1.27 bits per heavy atom. The van der Waals surface area contributed by atoms with Gasteiger partial charge in [-0.25, -0.2) is 8.42 Å². The van der Waals surface area contributed by atoms with Gasteiger partial charge < -0.3 is 11.5 Å². The molecule has 0 aliphatic heterocycles. The molecule has 1 amide bonds. The largest absolute Gasteiger partial charge is 0.368 e. The average molecular weight is 228 g/mol. The first-order valence-corrected chi connectivity index (χ1v) is 5.91. The van der Waals surface area contributed by atoms with E-state index in [1.807, 2.05) is 0 Å². The number of hydrogen-bond donors (Lipinski definition) is 2. The van der Waals surface area contributed by atoms with Crippen LogP contribution in [0.2, 0.25) is 0 Å². The number of benzene rings is 1. The van der Waals surface area contributed by atoms with Crippen LogP contribution in [0.5, 0.6) is 0 Å². The predicted molar refractivity (Wildman–Crippen MR) is 55.7 cm³/mol. The number of carbonyl (C=O) groups is 1. The Bertz CT molecular complexity index is 442. The standard InChI is InChI=1S/C9H12N2O3S/c10-8(9(11)12)6-15(13,14)7-4-2-1-3-5-7/h1-5,8H,6,10H2,(H2,11,12). The van der Waals surface area contributed by atoms with Gasteiger partial charge in [-0.05, 0) is 12.1 Å². The van der Waals surface area contributed by atoms with E-state index in [2.05, 4.69) is 0 Å². The zero-order valence-corrected chi connectivity index (χ0v) is 8.78. The summed E-state index contributed by atoms with van der Waals surface area (Å²) >= 11 is 0. The second kappa shape index (κ2) is 4.41. The maximum Gasteiger partial charge on any atom is 0.235 e. The fourth-order valence-electron chi connectivity index (χ4n) is 1.04. The van der Waals surface area contributed by atoms with E-state index in [1.165, 1.54) is 12.1 Å². The van der Waals surface area contributed by atoms with E-state index in [0.29, 0.717) is 0 Å². The van der Waals surface area contributed by atoms with Crippen LogP contribution in [-0.2, 0) is 14.6 Å². The van der Waals surface area contributed by atoms with Crippen LogP contribution in [-0.4, -0.2) is 26.1 Å². The molecular formula is C9H12N2O3S. The summed E-state index contributed by atoms with van der Waals surface area (Å²) < 4.78 is 23.3. The Kier molecular flexibility index (Phi) is 3.43. The van der Waals surface area contributed by atoms with E-state index >= 15 is 0 Å². The topological polar surface area (TPSA) is 103 Å². The van der Waals surface area contributed by atoms with Crippen molar-refractivity contribution in [3.05, 3.63) is 30.3 Å². The summed E-state index contributed by atoms with van der Waals surface area (Å²) in [5.41, 5.74) is 10.2. The molecule has 0 aromatic heterocycles. The average Bonchev–Trinajstić information content (AvgIpc) is 2.18. The van der Waals surface area contributed by atoms with Crippen molar-refractivity contribution in [3.63, 3.8) is 0 Å². The molecule has 1 aromatic carbocycles. The molecule has 0 saturated carbocycles. The summed E-state index contributed by atoms with van der Waals surface area (Å²) in [5, 5.41) is 0. The molecule has 1 unspecified atom stereocenters. The monoisotopic (exact) mass is 228 g/mol. The number of hydrogen-bond acceptors (Lipinski definition) is 4. The molecule has 0 fully saturated rings. The summed E-state index contributed by atoms with van der Waals surface area (Å²) in [6, 6.07) is 6.63. The van der Waals surface area contributed by atoms with Crippen LogP contribution in [0.1, 0.15) is 0 Å². The number of nitrogens with two attached hydrogens (primary N) is 2. The highest BCUT2D eigenvalue weighted by Gasteiger charge is 2.21. The van der Waals surface area contributed by atoms with E-state index < -0.39 is 27.5 Å². The van der Waals surface area contributed by atoms with Crippen molar-refractivity contribution < 1.29 is 13.2 Å². The first-order valence-electron chi connectivity index (χ1n) is 4.26. The van der Waals surface area contributed by atoms with Crippen molar-refractivity contribution in [2.24, 2.45) is 11.5 Å². The summed E-state index contributed by atoms with van der Waals surface area (Å²) in [6.07, 6.45) is 0. The minimum absolute atomic E-state index is 0.140. The molecule has 1 aromatic rings. The number of sulfone groups is 1. The van der Waals surface area contributed by atoms with E-state index in [0.717, 1.165) is 0 Å². The summed E-state index contributed by atoms with van der Waals surface area (Å²) in [5.74, 6) is -1.29. The second-order valence-electron chi connectivity index (χ2n) is 3.10. The molecule has 4 N–H and O–H groups in total. The molecule has 0 aliphatic rings. The lowest BCUT2D eigenvalue weighted by Crippen LogP contribution is -2.41. The van der Waals surface area contributed by atoms with Gasteiger partial charge in [-0.2, -0.15) is 0 Å². The Labute approximate surface area is 88.0 Å². The van der Waals surface area contributed by atoms with Crippen molar-refractivity contribution in [3.8, 4) is 0 Å². The molecule has 0 spiro atoms. The lowest BCUT2D eigenvalue weighted by molar-refractivity contribution is -0.118. The smallest absolute Gasteiger partial charge is 0.235 e. The van der Waals surface area contributed by atoms with Gasteiger partial charge in [-0.15, -0.1) is 0 Å². The first kappa shape index (κ1) is 11.7. The molecule has 15 heavy (non-hydrogen) atoms. The third-order valence-corrected chi connectivity index (χ3v) is 3.66. The Balaban J connectivity index is 2.91. The van der Waals surface area contributed by atoms with Gasteiger partial charge in [0.1, 0.15) is 0 Å². The molecule has 0 radical (unpaired) electrons. The number of rotatable bonds is 4. The third kappa shape index (κ3) is 3.03. The van der Waals surface area contributed by atoms with Gasteiger partial charge in [0, 0.05) is 0 Å². The van der Waals surface area contributed by atoms with E-state index in [-0.39, 0.29) is 4.90 Å². The van der Waals surface area contributed by atoms with Gasteiger partial charge in [-0.1, -0.05) is 18.2 Å². The fourth-order valence-corrected chi connectivity index (χ4v) is 2.44. The van der Waals surface area contributed by atoms with Crippen LogP contribution in [0.3, 0.4) is 0 Å². The predicted octanol–water partition coefficient (Wildman–Crippen LogP) is -0.727. The molecule has 1 rings (SSSR count). The Morgan fingerprint density at radius 3 is 2.27 bits per heavy atom. The van der Waals surface area contributed by atoms with Crippen LogP contribution in [0.15, 0.2) is 35.2 Å². The minimum Gasteiger partial charge on any atom is -0.368 e. The van der Waals surface area contributed by atoms with E-state index in [4.69, 9.17) is 11.5 Å². The normalized spacial score (nSPS) is 13.4. The van der Waals surface area contributed by atoms with Crippen LogP contribution in [0, 0.1) is 0 Å². The van der Waals surface area contributed by atoms with Gasteiger partial charge in [0.15, 0.2) is 9.84 Å². The van der Waals surface area contributed by atoms with Crippen LogP contribution in [0.25, 0.3) is 0 Å². The molecule has 5 nitrogen and oxygen atoms in total. The highest BCUT2D eigenvalue weighted by Crippen LogP contribution is 2.10. The molecule has 6 heteroatoms. The Hall–Kier alpha value is -1.40. The van der Waals surface area contributed by atoms with Crippen molar-refractivity contribution in [2.45, 2.75) is 10.9 Å². The molecule has 0 bridgehead atoms. The quantitative estimate of drug-likeness (QED) is 0.709. The molecule has 1 atom stereocenters. The fraction of sp³-hybridized carbons (Fsp3) is 0.222. The van der Waals surface area contributed by atoms with Crippen LogP contribution in [0.4, 0.5) is 0 Å². The highest BCUT2D eigenvalue weighted by molar-refractivity contribution is 7.91. The molecule has 0 heterocycles. The summed E-state index contributed by atoms with van der Waals surface area (Å²) in [6.45, 7) is 0. The van der Waals surface area contributed by atoms with Crippen molar-refractivity contribution in [1.82, 2.24) is 0 Å². The van der Waals surface area contributed by atoms with E-state index in [1.54, 1.807) is 18.2 Å². The maximum atomic E-state index is 11.7. The lowest BCUT2D eigenvalue weighted by Gasteiger charge is -2.08. The van der Waals surface area contributed by atoms with Crippen molar-refractivity contribution >= 4 is 15.7 Å². The molecular weight excluding hydrogens is 216 g/mol. The van der Waals surface area contributed by atoms with Gasteiger partial charge in [-0.3, -0.25) is 4.79 Å². The first-order chi connectivity index (χ1) is 6.93. The highest BCUT2D eigenvalue weighted by atomic mass is 32.2. The minimum atomic E-state index is -3.53. The van der Waals surface area contributed by atoms with Gasteiger partial charge >= 0.3 is 0 Å². The van der Waals surface area contributed by atoms with Crippen LogP contribution < -0.4 is 11.5 Å². The van der Waals surface area contributed by atoms with Crippen molar-refractivity contribution in [1.29, 1.82) is 0 Å². The zero-order chi connectivity index (χ0) is 11.5. The van der Waals surface area contributed by atoms with Gasteiger partial charge in [0.2, 0.25) is 5.91 Å². The zero-order valence-electron chi connectivity index (χ0n) is 7.96.